The second-order valence-electron chi connectivity index (χ2n) is 3.79. The average Bonchev–Trinajstić information content (AvgIpc) is 2.41. The summed E-state index contributed by atoms with van der Waals surface area (Å²) >= 11 is 0. The second-order valence-corrected chi connectivity index (χ2v) is 3.79. The van der Waals surface area contributed by atoms with Gasteiger partial charge in [0.05, 0.1) is 12.3 Å². The summed E-state index contributed by atoms with van der Waals surface area (Å²) in [5, 5.41) is 16.2. The summed E-state index contributed by atoms with van der Waals surface area (Å²) in [6.45, 7) is 3.35. The van der Waals surface area contributed by atoms with Crippen LogP contribution in [0.2, 0.25) is 0 Å². The van der Waals surface area contributed by atoms with E-state index in [1.54, 1.807) is 24.3 Å². The van der Waals surface area contributed by atoms with E-state index in [1.165, 1.54) is 6.92 Å². The van der Waals surface area contributed by atoms with Crippen LogP contribution in [-0.2, 0) is 9.53 Å². The Balaban J connectivity index is 3.04. The van der Waals surface area contributed by atoms with Gasteiger partial charge in [-0.1, -0.05) is 17.7 Å². The fraction of sp³-hybridized carbons (Fsp3) is 0.308. The maximum atomic E-state index is 12.4. The molecule has 0 spiro atoms. The van der Waals surface area contributed by atoms with E-state index in [9.17, 15) is 18.7 Å². The maximum Gasteiger partial charge on any atom is 0.362 e. The van der Waals surface area contributed by atoms with Crippen LogP contribution in [-0.4, -0.2) is 24.1 Å². The lowest BCUT2D eigenvalue weighted by Gasteiger charge is -2.04. The number of azo groups is 1. The van der Waals surface area contributed by atoms with Gasteiger partial charge >= 0.3 is 5.97 Å². The Morgan fingerprint density at radius 1 is 1.35 bits per heavy atom. The van der Waals surface area contributed by atoms with Crippen LogP contribution in [0.4, 0.5) is 14.5 Å². The first-order chi connectivity index (χ1) is 9.45. The van der Waals surface area contributed by atoms with Gasteiger partial charge in [-0.2, -0.15) is 5.11 Å². The smallest absolute Gasteiger partial charge is 0.362 e. The highest BCUT2D eigenvalue weighted by Crippen LogP contribution is 2.18. The van der Waals surface area contributed by atoms with E-state index in [2.05, 4.69) is 15.0 Å². The molecule has 1 aromatic carbocycles. The van der Waals surface area contributed by atoms with Gasteiger partial charge in [0.1, 0.15) is 0 Å². The predicted molar refractivity (Wildman–Crippen MR) is 68.0 cm³/mol. The molecule has 1 aromatic rings. The summed E-state index contributed by atoms with van der Waals surface area (Å²) in [4.78, 5) is 11.4. The van der Waals surface area contributed by atoms with Gasteiger partial charge in [0.25, 0.3) is 6.43 Å². The van der Waals surface area contributed by atoms with Gasteiger partial charge in [-0.05, 0) is 26.0 Å². The molecule has 5 nitrogen and oxygen atoms in total. The average molecular weight is 284 g/mol. The van der Waals surface area contributed by atoms with E-state index in [0.717, 1.165) is 5.56 Å². The molecule has 0 saturated heterocycles. The molecular weight excluding hydrogens is 270 g/mol. The molecule has 20 heavy (non-hydrogen) atoms. The Hall–Kier alpha value is -2.31. The number of hydrogen-bond donors (Lipinski definition) is 1. The van der Waals surface area contributed by atoms with Crippen molar-refractivity contribution in [3.05, 3.63) is 41.3 Å². The van der Waals surface area contributed by atoms with Gasteiger partial charge in [-0.15, -0.1) is 5.11 Å². The fourth-order valence-corrected chi connectivity index (χ4v) is 1.22. The molecule has 0 radical (unpaired) electrons. The predicted octanol–water partition coefficient (Wildman–Crippen LogP) is 3.68. The molecular formula is C13H14F2N2O3. The third-order valence-corrected chi connectivity index (χ3v) is 2.22. The van der Waals surface area contributed by atoms with Gasteiger partial charge in [-0.3, -0.25) is 0 Å². The molecule has 0 saturated carbocycles. The van der Waals surface area contributed by atoms with Crippen LogP contribution in [0.5, 0.6) is 0 Å². The lowest BCUT2D eigenvalue weighted by molar-refractivity contribution is -0.139. The van der Waals surface area contributed by atoms with E-state index in [0.29, 0.717) is 5.69 Å². The minimum Gasteiger partial charge on any atom is -0.505 e. The zero-order valence-electron chi connectivity index (χ0n) is 11.0. The topological polar surface area (TPSA) is 71.2 Å². The van der Waals surface area contributed by atoms with Gasteiger partial charge in [0.15, 0.2) is 5.76 Å². The molecule has 0 aliphatic carbocycles. The van der Waals surface area contributed by atoms with Crippen molar-refractivity contribution >= 4 is 11.7 Å². The van der Waals surface area contributed by atoms with Gasteiger partial charge in [-0.25, -0.2) is 13.6 Å². The molecule has 0 aliphatic heterocycles. The van der Waals surface area contributed by atoms with Crippen molar-refractivity contribution in [1.29, 1.82) is 0 Å². The number of esters is 1. The minimum absolute atomic E-state index is 0.0289. The first kappa shape index (κ1) is 15.7. The number of ether oxygens (including phenoxy) is 1. The van der Waals surface area contributed by atoms with E-state index < -0.39 is 23.9 Å². The van der Waals surface area contributed by atoms with Crippen LogP contribution in [0.3, 0.4) is 0 Å². The fourth-order valence-electron chi connectivity index (χ4n) is 1.22. The number of aliphatic hydroxyl groups is 1. The summed E-state index contributed by atoms with van der Waals surface area (Å²) in [6, 6.07) is 6.69. The highest BCUT2D eigenvalue weighted by molar-refractivity contribution is 5.88. The SMILES string of the molecule is CCOC(=O)/C(N=Nc1ccc(C)cc1)=C(\O)C(F)F. The van der Waals surface area contributed by atoms with Crippen LogP contribution < -0.4 is 0 Å². The molecule has 0 unspecified atom stereocenters. The summed E-state index contributed by atoms with van der Waals surface area (Å²) < 4.78 is 29.4. The number of carbonyl (C=O) groups excluding carboxylic acids is 1. The number of aryl methyl sites for hydroxylation is 1. The Bertz CT molecular complexity index is 525. The molecule has 0 aromatic heterocycles. The van der Waals surface area contributed by atoms with E-state index in [4.69, 9.17) is 0 Å². The summed E-state index contributed by atoms with van der Waals surface area (Å²) in [6.07, 6.45) is -3.23. The van der Waals surface area contributed by atoms with Gasteiger partial charge in [0, 0.05) is 0 Å². The molecule has 108 valence electrons. The molecule has 1 N–H and O–H groups in total. The highest BCUT2D eigenvalue weighted by Gasteiger charge is 2.23. The number of halogens is 2. The largest absolute Gasteiger partial charge is 0.505 e. The highest BCUT2D eigenvalue weighted by atomic mass is 19.3. The van der Waals surface area contributed by atoms with E-state index >= 15 is 0 Å². The number of aliphatic hydroxyl groups excluding tert-OH is 1. The first-order valence-corrected chi connectivity index (χ1v) is 5.82. The lowest BCUT2D eigenvalue weighted by atomic mass is 10.2. The molecule has 0 aliphatic rings. The van der Waals surface area contributed by atoms with Crippen LogP contribution in [0, 0.1) is 6.92 Å². The number of alkyl halides is 2. The Labute approximate surface area is 114 Å². The normalized spacial score (nSPS) is 12.7. The zero-order valence-corrected chi connectivity index (χ0v) is 11.0. The van der Waals surface area contributed by atoms with Gasteiger partial charge < -0.3 is 9.84 Å². The number of nitrogens with zero attached hydrogens (tertiary/aromatic N) is 2. The monoisotopic (exact) mass is 284 g/mol. The molecule has 0 heterocycles. The van der Waals surface area contributed by atoms with Crippen LogP contribution in [0.15, 0.2) is 46.0 Å². The Kier molecular flexibility index (Phi) is 5.76. The van der Waals surface area contributed by atoms with Crippen molar-refractivity contribution in [2.75, 3.05) is 6.61 Å². The quantitative estimate of drug-likeness (QED) is 0.388. The second kappa shape index (κ2) is 7.32. The molecule has 7 heteroatoms. The summed E-state index contributed by atoms with van der Waals surface area (Å²) in [5.41, 5.74) is 0.447. The number of allylic oxidation sites excluding steroid dienone is 1. The Morgan fingerprint density at radius 3 is 2.45 bits per heavy atom. The maximum absolute atomic E-state index is 12.4. The third kappa shape index (κ3) is 4.42. The summed E-state index contributed by atoms with van der Waals surface area (Å²) in [5.74, 6) is -2.61. The molecule has 0 atom stereocenters. The Morgan fingerprint density at radius 2 is 1.95 bits per heavy atom. The number of carbonyl (C=O) groups is 1. The number of rotatable bonds is 5. The van der Waals surface area contributed by atoms with Crippen molar-refractivity contribution < 1.29 is 23.4 Å². The van der Waals surface area contributed by atoms with Crippen molar-refractivity contribution in [2.24, 2.45) is 10.2 Å². The van der Waals surface area contributed by atoms with Crippen LogP contribution in [0.1, 0.15) is 12.5 Å². The first-order valence-electron chi connectivity index (χ1n) is 5.82. The number of benzene rings is 1. The molecule has 0 fully saturated rings. The molecule has 0 bridgehead atoms. The van der Waals surface area contributed by atoms with Crippen molar-refractivity contribution in [3.8, 4) is 0 Å². The molecule has 1 rings (SSSR count). The van der Waals surface area contributed by atoms with Crippen molar-refractivity contribution in [2.45, 2.75) is 20.3 Å². The van der Waals surface area contributed by atoms with E-state index in [1.807, 2.05) is 6.92 Å². The minimum atomic E-state index is -3.23. The summed E-state index contributed by atoms with van der Waals surface area (Å²) in [7, 11) is 0. The van der Waals surface area contributed by atoms with Gasteiger partial charge in [0.2, 0.25) is 5.70 Å². The lowest BCUT2D eigenvalue weighted by Crippen LogP contribution is -2.11. The standard InChI is InChI=1S/C13H14F2N2O3/c1-3-20-13(19)10(11(18)12(14)15)17-16-9-6-4-8(2)5-7-9/h4-7,12,18H,3H2,1-2H3/b11-10+,17-16?. The third-order valence-electron chi connectivity index (χ3n) is 2.22. The van der Waals surface area contributed by atoms with E-state index in [-0.39, 0.29) is 6.61 Å². The molecule has 0 amide bonds. The van der Waals surface area contributed by atoms with Crippen LogP contribution in [0.25, 0.3) is 0 Å². The van der Waals surface area contributed by atoms with Crippen molar-refractivity contribution in [1.82, 2.24) is 0 Å². The number of hydrogen-bond acceptors (Lipinski definition) is 5. The van der Waals surface area contributed by atoms with Crippen LogP contribution >= 0.6 is 0 Å². The zero-order chi connectivity index (χ0) is 15.1. The van der Waals surface area contributed by atoms with Crippen molar-refractivity contribution in [3.63, 3.8) is 0 Å².